The highest BCUT2D eigenvalue weighted by Crippen LogP contribution is 2.18. The summed E-state index contributed by atoms with van der Waals surface area (Å²) in [6.07, 6.45) is 2.91. The van der Waals surface area contributed by atoms with E-state index in [9.17, 15) is 18.0 Å². The monoisotopic (exact) mass is 547 g/mol. The van der Waals surface area contributed by atoms with E-state index in [0.29, 0.717) is 19.3 Å². The molecule has 0 aliphatic carbocycles. The Hall–Kier alpha value is -3.71. The molecule has 0 aliphatic heterocycles. The number of esters is 1. The first-order valence-electron chi connectivity index (χ1n) is 13.1. The minimum atomic E-state index is -3.69. The Balaban J connectivity index is 1.82. The standard InChI is InChI=1S/C32H37NO5S/c1-32(2,3)38-30(34)24-27(23-26-15-9-5-10-16-26)31(35)33-28(20-19-25-13-7-4-8-14-25)21-22-39(36,37)29-17-11-6-12-18-29/h4-18,21-22,27-28H,19-20,23-24H2,1-3H3,(H,33,35)/b22-21+/t27?,28-/m0/s1. The van der Waals surface area contributed by atoms with Gasteiger partial charge in [-0.25, -0.2) is 8.42 Å². The second kappa shape index (κ2) is 13.9. The SMILES string of the molecule is CC(C)(C)OC(=O)CC(Cc1ccccc1)C(=O)N[C@H](/C=C/S(=O)(=O)c1ccccc1)CCc1ccccc1. The van der Waals surface area contributed by atoms with E-state index < -0.39 is 33.4 Å². The number of sulfone groups is 1. The van der Waals surface area contributed by atoms with E-state index in [1.54, 1.807) is 39.0 Å². The van der Waals surface area contributed by atoms with Gasteiger partial charge in [0.1, 0.15) is 5.60 Å². The minimum Gasteiger partial charge on any atom is -0.460 e. The van der Waals surface area contributed by atoms with Crippen molar-refractivity contribution >= 4 is 21.7 Å². The molecule has 0 saturated heterocycles. The number of hydrogen-bond acceptors (Lipinski definition) is 5. The lowest BCUT2D eigenvalue weighted by Gasteiger charge is -2.24. The van der Waals surface area contributed by atoms with Crippen molar-refractivity contribution in [2.75, 3.05) is 0 Å². The second-order valence-corrected chi connectivity index (χ2v) is 12.3. The highest BCUT2D eigenvalue weighted by atomic mass is 32.2. The Morgan fingerprint density at radius 1 is 0.846 bits per heavy atom. The fourth-order valence-corrected chi connectivity index (χ4v) is 5.20. The van der Waals surface area contributed by atoms with Crippen LogP contribution in [0, 0.1) is 5.92 Å². The van der Waals surface area contributed by atoms with Crippen molar-refractivity contribution in [1.29, 1.82) is 0 Å². The van der Waals surface area contributed by atoms with Gasteiger partial charge in [-0.2, -0.15) is 0 Å². The lowest BCUT2D eigenvalue weighted by atomic mass is 9.94. The Morgan fingerprint density at radius 3 is 1.95 bits per heavy atom. The lowest BCUT2D eigenvalue weighted by molar-refractivity contribution is -0.157. The molecular formula is C32H37NO5S. The van der Waals surface area contributed by atoms with Crippen molar-refractivity contribution in [3.63, 3.8) is 0 Å². The zero-order chi connectivity index (χ0) is 28.3. The van der Waals surface area contributed by atoms with Crippen molar-refractivity contribution < 1.29 is 22.7 Å². The maximum atomic E-state index is 13.6. The molecule has 1 N–H and O–H groups in total. The van der Waals surface area contributed by atoms with Gasteiger partial charge >= 0.3 is 5.97 Å². The van der Waals surface area contributed by atoms with Crippen molar-refractivity contribution in [2.45, 2.75) is 63.0 Å². The van der Waals surface area contributed by atoms with Gasteiger partial charge in [-0.1, -0.05) is 84.9 Å². The van der Waals surface area contributed by atoms with Crippen LogP contribution >= 0.6 is 0 Å². The van der Waals surface area contributed by atoms with E-state index in [-0.39, 0.29) is 17.2 Å². The van der Waals surface area contributed by atoms with E-state index in [1.165, 1.54) is 18.2 Å². The Bertz CT molecular complexity index is 1330. The third-order valence-electron chi connectivity index (χ3n) is 6.01. The molecule has 0 aliphatic rings. The predicted molar refractivity (Wildman–Crippen MR) is 154 cm³/mol. The van der Waals surface area contributed by atoms with Gasteiger partial charge in [0, 0.05) is 11.4 Å². The third kappa shape index (κ3) is 10.5. The number of ether oxygens (including phenoxy) is 1. The number of carbonyl (C=O) groups excluding carboxylic acids is 2. The van der Waals surface area contributed by atoms with Crippen molar-refractivity contribution in [3.05, 3.63) is 114 Å². The van der Waals surface area contributed by atoms with Gasteiger partial charge in [-0.15, -0.1) is 0 Å². The molecule has 0 radical (unpaired) electrons. The van der Waals surface area contributed by atoms with Crippen LogP contribution in [-0.4, -0.2) is 31.9 Å². The number of nitrogens with one attached hydrogen (secondary N) is 1. The van der Waals surface area contributed by atoms with Crippen molar-refractivity contribution in [3.8, 4) is 0 Å². The smallest absolute Gasteiger partial charge is 0.307 e. The zero-order valence-electron chi connectivity index (χ0n) is 22.7. The highest BCUT2D eigenvalue weighted by Gasteiger charge is 2.27. The molecule has 3 rings (SSSR count). The van der Waals surface area contributed by atoms with Gasteiger partial charge in [0.05, 0.1) is 17.2 Å². The van der Waals surface area contributed by atoms with E-state index in [4.69, 9.17) is 4.74 Å². The van der Waals surface area contributed by atoms with Crippen LogP contribution in [0.1, 0.15) is 44.7 Å². The first-order valence-corrected chi connectivity index (χ1v) is 14.6. The van der Waals surface area contributed by atoms with Crippen LogP contribution in [-0.2, 0) is 37.0 Å². The Kier molecular flexibility index (Phi) is 10.6. The second-order valence-electron chi connectivity index (χ2n) is 10.5. The summed E-state index contributed by atoms with van der Waals surface area (Å²) in [6.45, 7) is 5.36. The molecule has 0 spiro atoms. The molecule has 7 heteroatoms. The van der Waals surface area contributed by atoms with E-state index in [0.717, 1.165) is 16.5 Å². The predicted octanol–water partition coefficient (Wildman–Crippen LogP) is 5.68. The summed E-state index contributed by atoms with van der Waals surface area (Å²) in [5.74, 6) is -1.47. The van der Waals surface area contributed by atoms with Crippen molar-refractivity contribution in [1.82, 2.24) is 5.32 Å². The van der Waals surface area contributed by atoms with Gasteiger partial charge in [-0.3, -0.25) is 9.59 Å². The van der Waals surface area contributed by atoms with Crippen LogP contribution in [0.25, 0.3) is 0 Å². The molecule has 0 bridgehead atoms. The summed E-state index contributed by atoms with van der Waals surface area (Å²) in [5.41, 5.74) is 1.33. The van der Waals surface area contributed by atoms with E-state index in [2.05, 4.69) is 5.32 Å². The quantitative estimate of drug-likeness (QED) is 0.295. The number of rotatable bonds is 12. The van der Waals surface area contributed by atoms with Crippen LogP contribution in [0.5, 0.6) is 0 Å². The number of benzene rings is 3. The number of carbonyl (C=O) groups is 2. The van der Waals surface area contributed by atoms with Gasteiger partial charge in [0.25, 0.3) is 0 Å². The maximum absolute atomic E-state index is 13.6. The first-order chi connectivity index (χ1) is 18.5. The van der Waals surface area contributed by atoms with Crippen LogP contribution in [0.2, 0.25) is 0 Å². The average Bonchev–Trinajstić information content (AvgIpc) is 2.90. The normalized spacial score (nSPS) is 13.5. The summed E-state index contributed by atoms with van der Waals surface area (Å²) in [4.78, 5) is 26.4. The number of aryl methyl sites for hydroxylation is 1. The summed E-state index contributed by atoms with van der Waals surface area (Å²) < 4.78 is 31.3. The molecule has 1 unspecified atom stereocenters. The van der Waals surface area contributed by atoms with E-state index in [1.807, 2.05) is 60.7 Å². The molecule has 0 heterocycles. The fraction of sp³-hybridized carbons (Fsp3) is 0.312. The molecule has 0 fully saturated rings. The van der Waals surface area contributed by atoms with Crippen LogP contribution in [0.4, 0.5) is 0 Å². The summed E-state index contributed by atoms with van der Waals surface area (Å²) in [7, 11) is -3.69. The van der Waals surface area contributed by atoms with Gasteiger partial charge in [0.15, 0.2) is 9.84 Å². The molecule has 6 nitrogen and oxygen atoms in total. The number of hydrogen-bond donors (Lipinski definition) is 1. The Morgan fingerprint density at radius 2 is 1.38 bits per heavy atom. The maximum Gasteiger partial charge on any atom is 0.307 e. The van der Waals surface area contributed by atoms with Gasteiger partial charge in [-0.05, 0) is 63.3 Å². The minimum absolute atomic E-state index is 0.0879. The summed E-state index contributed by atoms with van der Waals surface area (Å²) in [6, 6.07) is 26.9. The number of amides is 1. The van der Waals surface area contributed by atoms with Gasteiger partial charge in [0.2, 0.25) is 5.91 Å². The summed E-state index contributed by atoms with van der Waals surface area (Å²) in [5, 5.41) is 4.15. The topological polar surface area (TPSA) is 89.5 Å². The van der Waals surface area contributed by atoms with E-state index >= 15 is 0 Å². The fourth-order valence-electron chi connectivity index (χ4n) is 4.11. The lowest BCUT2D eigenvalue weighted by Crippen LogP contribution is -2.40. The molecule has 39 heavy (non-hydrogen) atoms. The highest BCUT2D eigenvalue weighted by molar-refractivity contribution is 7.94. The van der Waals surface area contributed by atoms with Crippen LogP contribution in [0.15, 0.2) is 107 Å². The van der Waals surface area contributed by atoms with Gasteiger partial charge < -0.3 is 10.1 Å². The van der Waals surface area contributed by atoms with Crippen LogP contribution < -0.4 is 5.32 Å². The Labute approximate surface area is 232 Å². The molecule has 0 saturated carbocycles. The average molecular weight is 548 g/mol. The molecule has 206 valence electrons. The summed E-state index contributed by atoms with van der Waals surface area (Å²) >= 11 is 0. The third-order valence-corrected chi connectivity index (χ3v) is 7.45. The molecule has 3 aromatic carbocycles. The zero-order valence-corrected chi connectivity index (χ0v) is 23.6. The van der Waals surface area contributed by atoms with Crippen LogP contribution in [0.3, 0.4) is 0 Å². The molecule has 2 atom stereocenters. The molecule has 1 amide bonds. The first kappa shape index (κ1) is 29.8. The largest absolute Gasteiger partial charge is 0.460 e. The molecule has 3 aromatic rings. The molecule has 0 aromatic heterocycles. The van der Waals surface area contributed by atoms with Crippen molar-refractivity contribution in [2.24, 2.45) is 5.92 Å². The molecular weight excluding hydrogens is 510 g/mol.